The van der Waals surface area contributed by atoms with E-state index >= 15 is 0 Å². The number of aryl methyl sites for hydroxylation is 1. The van der Waals surface area contributed by atoms with Gasteiger partial charge < -0.3 is 19.1 Å². The number of rotatable bonds is 7. The molecule has 2 aliphatic heterocycles. The average Bonchev–Trinajstić information content (AvgIpc) is 3.33. The first kappa shape index (κ1) is 19.5. The SMILES string of the molecule is CCO/C=C/c1nc(-c2cnc(C)c(OC(F)F)c2)cc(N2C[C@@H]3C[C@H]2CO3)n1. The largest absolute Gasteiger partial charge is 0.501 e. The lowest BCUT2D eigenvalue weighted by Crippen LogP contribution is -2.37. The molecule has 0 saturated carbocycles. The minimum absolute atomic E-state index is 0.0256. The smallest absolute Gasteiger partial charge is 0.387 e. The van der Waals surface area contributed by atoms with Crippen molar-refractivity contribution >= 4 is 11.9 Å². The normalized spacial score (nSPS) is 20.8. The maximum atomic E-state index is 12.7. The minimum Gasteiger partial charge on any atom is -0.501 e. The number of halogens is 2. The summed E-state index contributed by atoms with van der Waals surface area (Å²) >= 11 is 0. The number of ether oxygens (including phenoxy) is 3. The molecule has 2 aromatic heterocycles. The van der Waals surface area contributed by atoms with E-state index in [1.807, 2.05) is 13.0 Å². The van der Waals surface area contributed by atoms with Crippen LogP contribution in [0, 0.1) is 6.92 Å². The van der Waals surface area contributed by atoms with E-state index in [1.165, 1.54) is 6.07 Å². The molecule has 4 heterocycles. The first-order valence-corrected chi connectivity index (χ1v) is 9.50. The van der Waals surface area contributed by atoms with E-state index in [9.17, 15) is 8.78 Å². The molecule has 7 nitrogen and oxygen atoms in total. The van der Waals surface area contributed by atoms with Crippen molar-refractivity contribution in [3.8, 4) is 17.0 Å². The molecule has 29 heavy (non-hydrogen) atoms. The summed E-state index contributed by atoms with van der Waals surface area (Å²) in [5.41, 5.74) is 1.52. The minimum atomic E-state index is -2.92. The third kappa shape index (κ3) is 4.29. The lowest BCUT2D eigenvalue weighted by Gasteiger charge is -2.28. The van der Waals surface area contributed by atoms with Crippen LogP contribution in [-0.4, -0.2) is 53.5 Å². The van der Waals surface area contributed by atoms with Crippen LogP contribution >= 0.6 is 0 Å². The Balaban J connectivity index is 1.72. The summed E-state index contributed by atoms with van der Waals surface area (Å²) in [7, 11) is 0. The van der Waals surface area contributed by atoms with Gasteiger partial charge in [-0.25, -0.2) is 9.97 Å². The van der Waals surface area contributed by atoms with Crippen LogP contribution in [0.5, 0.6) is 5.75 Å². The first-order chi connectivity index (χ1) is 14.0. The number of pyridine rings is 1. The van der Waals surface area contributed by atoms with Gasteiger partial charge in [0.15, 0.2) is 5.82 Å². The fourth-order valence-electron chi connectivity index (χ4n) is 3.58. The van der Waals surface area contributed by atoms with E-state index in [-0.39, 0.29) is 17.9 Å². The van der Waals surface area contributed by atoms with Gasteiger partial charge in [-0.1, -0.05) is 0 Å². The van der Waals surface area contributed by atoms with Crippen LogP contribution in [0.15, 0.2) is 24.6 Å². The van der Waals surface area contributed by atoms with Crippen molar-refractivity contribution < 1.29 is 23.0 Å². The van der Waals surface area contributed by atoms with Gasteiger partial charge in [-0.15, -0.1) is 0 Å². The molecule has 0 aliphatic carbocycles. The van der Waals surface area contributed by atoms with Crippen LogP contribution in [0.4, 0.5) is 14.6 Å². The highest BCUT2D eigenvalue weighted by Gasteiger charge is 2.39. The van der Waals surface area contributed by atoms with Crippen LogP contribution < -0.4 is 9.64 Å². The first-order valence-electron chi connectivity index (χ1n) is 9.50. The van der Waals surface area contributed by atoms with Gasteiger partial charge in [0.25, 0.3) is 0 Å². The number of fused-ring (bicyclic) bond motifs is 2. The Bertz CT molecular complexity index is 909. The molecule has 9 heteroatoms. The molecule has 0 spiro atoms. The topological polar surface area (TPSA) is 69.6 Å². The third-order valence-electron chi connectivity index (χ3n) is 4.96. The van der Waals surface area contributed by atoms with Gasteiger partial charge in [0.1, 0.15) is 11.6 Å². The quantitative estimate of drug-likeness (QED) is 0.655. The average molecular weight is 404 g/mol. The van der Waals surface area contributed by atoms with E-state index in [2.05, 4.69) is 24.6 Å². The zero-order valence-electron chi connectivity index (χ0n) is 16.2. The molecular formula is C20H22F2N4O3. The van der Waals surface area contributed by atoms with Crippen molar-refractivity contribution in [2.24, 2.45) is 0 Å². The van der Waals surface area contributed by atoms with Crippen LogP contribution in [-0.2, 0) is 9.47 Å². The predicted molar refractivity (Wildman–Crippen MR) is 103 cm³/mol. The molecule has 0 N–H and O–H groups in total. The van der Waals surface area contributed by atoms with Crippen molar-refractivity contribution in [2.75, 3.05) is 24.7 Å². The molecule has 2 atom stereocenters. The Kier molecular flexibility index (Phi) is 5.57. The summed E-state index contributed by atoms with van der Waals surface area (Å²) in [6.45, 7) is 2.55. The van der Waals surface area contributed by atoms with Crippen LogP contribution in [0.2, 0.25) is 0 Å². The fraction of sp³-hybridized carbons (Fsp3) is 0.450. The monoisotopic (exact) mass is 404 g/mol. The van der Waals surface area contributed by atoms with Crippen LogP contribution in [0.25, 0.3) is 17.3 Å². The highest BCUT2D eigenvalue weighted by molar-refractivity contribution is 5.66. The Hall–Kier alpha value is -2.81. The molecule has 2 fully saturated rings. The van der Waals surface area contributed by atoms with Crippen LogP contribution in [0.3, 0.4) is 0 Å². The third-order valence-corrected chi connectivity index (χ3v) is 4.96. The van der Waals surface area contributed by atoms with Gasteiger partial charge >= 0.3 is 6.61 Å². The Morgan fingerprint density at radius 2 is 2.21 bits per heavy atom. The van der Waals surface area contributed by atoms with Crippen molar-refractivity contribution in [1.29, 1.82) is 0 Å². The number of anilines is 1. The molecule has 0 aromatic carbocycles. The number of nitrogens with zero attached hydrogens (tertiary/aromatic N) is 4. The molecule has 0 radical (unpaired) electrons. The Morgan fingerprint density at radius 1 is 1.34 bits per heavy atom. The van der Waals surface area contributed by atoms with Crippen molar-refractivity contribution in [2.45, 2.75) is 39.0 Å². The van der Waals surface area contributed by atoms with Gasteiger partial charge in [-0.2, -0.15) is 8.78 Å². The van der Waals surface area contributed by atoms with Gasteiger partial charge in [0, 0.05) is 30.4 Å². The van der Waals surface area contributed by atoms with E-state index in [1.54, 1.807) is 25.5 Å². The number of hydrogen-bond acceptors (Lipinski definition) is 7. The maximum Gasteiger partial charge on any atom is 0.387 e. The second kappa shape index (κ2) is 8.28. The summed E-state index contributed by atoms with van der Waals surface area (Å²) in [6.07, 6.45) is 6.00. The maximum absolute atomic E-state index is 12.7. The molecular weight excluding hydrogens is 382 g/mol. The van der Waals surface area contributed by atoms with Crippen LogP contribution in [0.1, 0.15) is 24.9 Å². The predicted octanol–water partition coefficient (Wildman–Crippen LogP) is 3.43. The van der Waals surface area contributed by atoms with Gasteiger partial charge in [-0.05, 0) is 26.3 Å². The van der Waals surface area contributed by atoms with Crippen molar-refractivity contribution in [1.82, 2.24) is 15.0 Å². The molecule has 0 unspecified atom stereocenters. The number of alkyl halides is 2. The van der Waals surface area contributed by atoms with Crippen molar-refractivity contribution in [3.63, 3.8) is 0 Å². The number of morpholine rings is 1. The second-order valence-corrected chi connectivity index (χ2v) is 6.91. The summed E-state index contributed by atoms with van der Waals surface area (Å²) in [4.78, 5) is 15.6. The summed E-state index contributed by atoms with van der Waals surface area (Å²) in [5, 5.41) is 0. The zero-order valence-corrected chi connectivity index (χ0v) is 16.2. The molecule has 0 amide bonds. The highest BCUT2D eigenvalue weighted by atomic mass is 19.3. The molecule has 2 bridgehead atoms. The fourth-order valence-corrected chi connectivity index (χ4v) is 3.58. The highest BCUT2D eigenvalue weighted by Crippen LogP contribution is 2.34. The van der Waals surface area contributed by atoms with Gasteiger partial charge in [0.2, 0.25) is 0 Å². The molecule has 154 valence electrons. The summed E-state index contributed by atoms with van der Waals surface area (Å²) < 4.78 is 40.9. The summed E-state index contributed by atoms with van der Waals surface area (Å²) in [6, 6.07) is 3.65. The molecule has 4 rings (SSSR count). The van der Waals surface area contributed by atoms with Gasteiger partial charge in [-0.3, -0.25) is 4.98 Å². The standard InChI is InChI=1S/C20H22F2N4O3/c1-3-27-5-4-18-24-16(13-6-17(29-20(21)22)12(2)23-9-13)8-19(25-18)26-10-15-7-14(26)11-28-15/h4-6,8-9,14-15,20H,3,7,10-11H2,1-2H3/b5-4+/t14-,15-/m0/s1. The molecule has 2 saturated heterocycles. The van der Waals surface area contributed by atoms with E-state index in [0.717, 1.165) is 18.8 Å². The molecule has 2 aliphatic rings. The zero-order chi connectivity index (χ0) is 20.4. The van der Waals surface area contributed by atoms with E-state index < -0.39 is 6.61 Å². The Labute approximate surface area is 167 Å². The van der Waals surface area contributed by atoms with Crippen molar-refractivity contribution in [3.05, 3.63) is 36.1 Å². The number of hydrogen-bond donors (Lipinski definition) is 0. The van der Waals surface area contributed by atoms with Gasteiger partial charge in [0.05, 0.1) is 43.0 Å². The van der Waals surface area contributed by atoms with E-state index in [4.69, 9.17) is 9.47 Å². The molecule has 2 aromatic rings. The Morgan fingerprint density at radius 3 is 2.90 bits per heavy atom. The lowest BCUT2D eigenvalue weighted by atomic mass is 10.1. The van der Waals surface area contributed by atoms with E-state index in [0.29, 0.717) is 36.0 Å². The second-order valence-electron chi connectivity index (χ2n) is 6.91. The number of aromatic nitrogens is 3. The lowest BCUT2D eigenvalue weighted by molar-refractivity contribution is -0.0505. The summed E-state index contributed by atoms with van der Waals surface area (Å²) in [5.74, 6) is 1.25.